The van der Waals surface area contributed by atoms with Gasteiger partial charge >= 0.3 is 5.97 Å². The second kappa shape index (κ2) is 10.3. The number of carbonyl (C=O) groups excluding carboxylic acids is 1. The van der Waals surface area contributed by atoms with Gasteiger partial charge in [0, 0.05) is 13.5 Å². The second-order valence-corrected chi connectivity index (χ2v) is 7.07. The number of phenolic OH excluding ortho intramolecular Hbond substituents is 2. The summed E-state index contributed by atoms with van der Waals surface area (Å²) in [6.07, 6.45) is -11.8. The van der Waals surface area contributed by atoms with Crippen LogP contribution in [0.15, 0.2) is 12.1 Å². The lowest BCUT2D eigenvalue weighted by Crippen LogP contribution is -2.59. The molecule has 12 heteroatoms. The van der Waals surface area contributed by atoms with Gasteiger partial charge in [-0.3, -0.25) is 4.79 Å². The van der Waals surface area contributed by atoms with E-state index < -0.39 is 79.2 Å². The summed E-state index contributed by atoms with van der Waals surface area (Å²) in [6, 6.07) is 2.25. The number of rotatable bonds is 9. The summed E-state index contributed by atoms with van der Waals surface area (Å²) in [7, 11) is 1.11. The van der Waals surface area contributed by atoms with E-state index in [1.165, 1.54) is 6.92 Å². The molecular formula is C19H26O12. The first-order valence-electron chi connectivity index (χ1n) is 9.30. The molecular weight excluding hydrogens is 420 g/mol. The number of carboxylic acid groups (broad SMARTS) is 1. The third kappa shape index (κ3) is 5.30. The molecule has 12 nitrogen and oxygen atoms in total. The molecule has 1 fully saturated rings. The van der Waals surface area contributed by atoms with E-state index in [1.54, 1.807) is 0 Å². The fourth-order valence-corrected chi connectivity index (χ4v) is 3.27. The molecule has 174 valence electrons. The van der Waals surface area contributed by atoms with Crippen LogP contribution in [0.3, 0.4) is 0 Å². The lowest BCUT2D eigenvalue weighted by atomic mass is 9.96. The lowest BCUT2D eigenvalue weighted by Gasteiger charge is -2.41. The minimum absolute atomic E-state index is 0.181. The van der Waals surface area contributed by atoms with Crippen molar-refractivity contribution in [2.24, 2.45) is 0 Å². The Kier molecular flexibility index (Phi) is 8.31. The highest BCUT2D eigenvalue weighted by Crippen LogP contribution is 2.41. The second-order valence-electron chi connectivity index (χ2n) is 7.07. The monoisotopic (exact) mass is 446 g/mol. The van der Waals surface area contributed by atoms with Crippen molar-refractivity contribution in [1.82, 2.24) is 0 Å². The number of ketones is 1. The number of carboxylic acids is 1. The highest BCUT2D eigenvalue weighted by Gasteiger charge is 2.45. The number of benzene rings is 1. The van der Waals surface area contributed by atoms with Crippen LogP contribution in [0.1, 0.15) is 35.4 Å². The number of hydrogen-bond donors (Lipinski definition) is 7. The quantitative estimate of drug-likeness (QED) is 0.220. The van der Waals surface area contributed by atoms with E-state index in [1.807, 2.05) is 0 Å². The standard InChI is InChI=1S/C19H26O12/c1-7(21)8-3-4-9(22)13(14(8)23)10(5-11(29-2)18(27)28)30-19-17(26)16(25)15(24)12(6-20)31-19/h3-4,10-12,15-17,19-20,22-26H,5-6H2,1-2H3,(H,27,28)/t10-,11+,12-,15-,16+,17-,19-/m0/s1. The Balaban J connectivity index is 2.49. The highest BCUT2D eigenvalue weighted by molar-refractivity contribution is 5.97. The van der Waals surface area contributed by atoms with Crippen molar-refractivity contribution in [3.63, 3.8) is 0 Å². The third-order valence-electron chi connectivity index (χ3n) is 5.03. The van der Waals surface area contributed by atoms with E-state index >= 15 is 0 Å². The summed E-state index contributed by atoms with van der Waals surface area (Å²) >= 11 is 0. The number of ether oxygens (including phenoxy) is 3. The average molecular weight is 446 g/mol. The van der Waals surface area contributed by atoms with Crippen molar-refractivity contribution in [3.8, 4) is 11.5 Å². The minimum atomic E-state index is -1.83. The summed E-state index contributed by atoms with van der Waals surface area (Å²) in [5, 5.41) is 69.6. The predicted octanol–water partition coefficient (Wildman–Crippen LogP) is -1.35. The molecule has 1 heterocycles. The van der Waals surface area contributed by atoms with Crippen LogP contribution in [0.25, 0.3) is 0 Å². The van der Waals surface area contributed by atoms with Gasteiger partial charge in [0.1, 0.15) is 35.9 Å². The number of aliphatic carboxylic acids is 1. The van der Waals surface area contributed by atoms with E-state index in [4.69, 9.17) is 14.2 Å². The molecule has 1 aliphatic rings. The first kappa shape index (κ1) is 24.9. The van der Waals surface area contributed by atoms with Crippen LogP contribution >= 0.6 is 0 Å². The van der Waals surface area contributed by atoms with Gasteiger partial charge in [-0.1, -0.05) is 0 Å². The largest absolute Gasteiger partial charge is 0.507 e. The van der Waals surface area contributed by atoms with Gasteiger partial charge in [-0.05, 0) is 19.1 Å². The average Bonchev–Trinajstić information content (AvgIpc) is 2.71. The zero-order valence-electron chi connectivity index (χ0n) is 16.8. The molecule has 7 atom stereocenters. The maximum atomic E-state index is 11.8. The van der Waals surface area contributed by atoms with Crippen LogP contribution in [0, 0.1) is 0 Å². The van der Waals surface area contributed by atoms with E-state index in [0.717, 1.165) is 19.2 Å². The highest BCUT2D eigenvalue weighted by atomic mass is 16.7. The number of hydrogen-bond acceptors (Lipinski definition) is 11. The number of carbonyl (C=O) groups is 2. The van der Waals surface area contributed by atoms with Crippen LogP contribution in [0.5, 0.6) is 11.5 Å². The van der Waals surface area contributed by atoms with Crippen LogP contribution in [0.2, 0.25) is 0 Å². The lowest BCUT2D eigenvalue weighted by molar-refractivity contribution is -0.314. The Morgan fingerprint density at radius 3 is 2.29 bits per heavy atom. The number of aliphatic hydroxyl groups is 4. The van der Waals surface area contributed by atoms with E-state index in [9.17, 15) is 45.3 Å². The maximum absolute atomic E-state index is 11.8. The zero-order valence-corrected chi connectivity index (χ0v) is 16.8. The van der Waals surface area contributed by atoms with Crippen molar-refractivity contribution in [3.05, 3.63) is 23.3 Å². The van der Waals surface area contributed by atoms with Crippen LogP contribution in [0.4, 0.5) is 0 Å². The Morgan fingerprint density at radius 2 is 1.77 bits per heavy atom. The van der Waals surface area contributed by atoms with Gasteiger partial charge in [-0.25, -0.2) is 4.79 Å². The van der Waals surface area contributed by atoms with Crippen LogP contribution in [-0.2, 0) is 19.0 Å². The van der Waals surface area contributed by atoms with Crippen molar-refractivity contribution in [2.45, 2.75) is 56.3 Å². The van der Waals surface area contributed by atoms with Crippen LogP contribution < -0.4 is 0 Å². The molecule has 1 aromatic rings. The van der Waals surface area contributed by atoms with Gasteiger partial charge in [-0.2, -0.15) is 0 Å². The number of phenols is 2. The molecule has 2 rings (SSSR count). The molecule has 0 amide bonds. The Hall–Kier alpha value is -2.32. The molecule has 31 heavy (non-hydrogen) atoms. The Labute approximate surface area is 176 Å². The first-order chi connectivity index (χ1) is 14.5. The molecule has 0 aromatic heterocycles. The van der Waals surface area contributed by atoms with E-state index in [2.05, 4.69) is 0 Å². The number of methoxy groups -OCH3 is 1. The molecule has 0 spiro atoms. The molecule has 7 N–H and O–H groups in total. The van der Waals surface area contributed by atoms with Crippen molar-refractivity contribution in [2.75, 3.05) is 13.7 Å². The topological polar surface area (TPSA) is 203 Å². The Morgan fingerprint density at radius 1 is 1.13 bits per heavy atom. The molecule has 0 radical (unpaired) electrons. The molecule has 1 saturated heterocycles. The summed E-state index contributed by atoms with van der Waals surface area (Å²) in [4.78, 5) is 23.2. The third-order valence-corrected chi connectivity index (χ3v) is 5.03. The molecule has 0 unspecified atom stereocenters. The summed E-state index contributed by atoms with van der Waals surface area (Å²) in [6.45, 7) is 0.431. The van der Waals surface area contributed by atoms with E-state index in [0.29, 0.717) is 0 Å². The molecule has 0 saturated carbocycles. The molecule has 0 bridgehead atoms. The van der Waals surface area contributed by atoms with Gasteiger partial charge in [0.15, 0.2) is 18.2 Å². The van der Waals surface area contributed by atoms with Crippen molar-refractivity contribution < 1.29 is 59.5 Å². The van der Waals surface area contributed by atoms with E-state index in [-0.39, 0.29) is 11.1 Å². The summed E-state index contributed by atoms with van der Waals surface area (Å²) in [5.74, 6) is -3.17. The first-order valence-corrected chi connectivity index (χ1v) is 9.30. The van der Waals surface area contributed by atoms with Crippen molar-refractivity contribution in [1.29, 1.82) is 0 Å². The molecule has 0 aliphatic carbocycles. The number of Topliss-reactive ketones (excluding diaryl/α,β-unsaturated/α-hetero) is 1. The SMILES string of the molecule is CO[C@H](C[C@H](O[C@H]1O[C@@H](CO)[C@H](O)[C@@H](O)[C@@H]1O)c1c(O)ccc(C(C)=O)c1O)C(=O)O. The number of aliphatic hydroxyl groups excluding tert-OH is 4. The molecule has 1 aromatic carbocycles. The predicted molar refractivity (Wildman–Crippen MR) is 100 cm³/mol. The minimum Gasteiger partial charge on any atom is -0.507 e. The normalized spacial score (nSPS) is 28.1. The van der Waals surface area contributed by atoms with Gasteiger partial charge < -0.3 is 50.0 Å². The number of aromatic hydroxyl groups is 2. The van der Waals surface area contributed by atoms with Gasteiger partial charge in [0.25, 0.3) is 0 Å². The smallest absolute Gasteiger partial charge is 0.332 e. The zero-order chi connectivity index (χ0) is 23.5. The maximum Gasteiger partial charge on any atom is 0.332 e. The fourth-order valence-electron chi connectivity index (χ4n) is 3.27. The summed E-state index contributed by atoms with van der Waals surface area (Å²) < 4.78 is 15.7. The van der Waals surface area contributed by atoms with Gasteiger partial charge in [0.2, 0.25) is 0 Å². The Bertz CT molecular complexity index is 794. The summed E-state index contributed by atoms with van der Waals surface area (Å²) in [5.41, 5.74) is -0.549. The fraction of sp³-hybridized carbons (Fsp3) is 0.579. The molecule has 1 aliphatic heterocycles. The van der Waals surface area contributed by atoms with Gasteiger partial charge in [0.05, 0.1) is 23.8 Å². The van der Waals surface area contributed by atoms with Crippen molar-refractivity contribution >= 4 is 11.8 Å². The van der Waals surface area contributed by atoms with Gasteiger partial charge in [-0.15, -0.1) is 0 Å². The van der Waals surface area contributed by atoms with Crippen LogP contribution in [-0.4, -0.2) is 98.0 Å².